The Bertz CT molecular complexity index is 281. The summed E-state index contributed by atoms with van der Waals surface area (Å²) in [6.45, 7) is 1.10. The van der Waals surface area contributed by atoms with E-state index >= 15 is 0 Å². The van der Waals surface area contributed by atoms with Gasteiger partial charge < -0.3 is 4.74 Å². The summed E-state index contributed by atoms with van der Waals surface area (Å²) in [5, 5.41) is 0. The van der Waals surface area contributed by atoms with Gasteiger partial charge in [0.1, 0.15) is 0 Å². The number of hydrogen-bond acceptors (Lipinski definition) is 3. The predicted molar refractivity (Wildman–Crippen MR) is 60.7 cm³/mol. The molecule has 1 aliphatic rings. The summed E-state index contributed by atoms with van der Waals surface area (Å²) in [7, 11) is -1.55. The number of ether oxygens (including phenoxy) is 1. The Labute approximate surface area is 96.6 Å². The number of halogens is 1. The average Bonchev–Trinajstić information content (AvgIpc) is 2.66. The first-order chi connectivity index (χ1) is 7.11. The van der Waals surface area contributed by atoms with Gasteiger partial charge in [-0.05, 0) is 19.3 Å². The van der Waals surface area contributed by atoms with Crippen molar-refractivity contribution in [3.8, 4) is 0 Å². The SMILES string of the molecule is COCCCS(=O)(=O)N1CCCC1CCl. The quantitative estimate of drug-likeness (QED) is 0.527. The first kappa shape index (κ1) is 13.2. The van der Waals surface area contributed by atoms with Crippen LogP contribution in [0.2, 0.25) is 0 Å². The van der Waals surface area contributed by atoms with E-state index in [0.29, 0.717) is 25.5 Å². The summed E-state index contributed by atoms with van der Waals surface area (Å²) >= 11 is 5.74. The van der Waals surface area contributed by atoms with Crippen LogP contribution in [0.5, 0.6) is 0 Å². The van der Waals surface area contributed by atoms with E-state index in [2.05, 4.69) is 0 Å². The van der Waals surface area contributed by atoms with Gasteiger partial charge in [0, 0.05) is 32.2 Å². The minimum Gasteiger partial charge on any atom is -0.385 e. The van der Waals surface area contributed by atoms with Gasteiger partial charge in [-0.2, -0.15) is 4.31 Å². The third-order valence-corrected chi connectivity index (χ3v) is 4.97. The molecule has 0 radical (unpaired) electrons. The molecular weight excluding hydrogens is 238 g/mol. The molecule has 90 valence electrons. The summed E-state index contributed by atoms with van der Waals surface area (Å²) in [4.78, 5) is 0. The lowest BCUT2D eigenvalue weighted by atomic mass is 10.3. The van der Waals surface area contributed by atoms with Gasteiger partial charge in [0.25, 0.3) is 0 Å². The molecule has 0 spiro atoms. The lowest BCUT2D eigenvalue weighted by Gasteiger charge is -2.22. The third kappa shape index (κ3) is 3.59. The lowest BCUT2D eigenvalue weighted by Crippen LogP contribution is -2.38. The van der Waals surface area contributed by atoms with Crippen LogP contribution in [-0.4, -0.2) is 50.7 Å². The highest BCUT2D eigenvalue weighted by atomic mass is 35.5. The molecule has 0 amide bonds. The van der Waals surface area contributed by atoms with Crippen molar-refractivity contribution in [1.82, 2.24) is 4.31 Å². The Morgan fingerprint density at radius 3 is 2.87 bits per heavy atom. The predicted octanol–water partition coefficient (Wildman–Crippen LogP) is 1.06. The average molecular weight is 256 g/mol. The number of hydrogen-bond donors (Lipinski definition) is 0. The van der Waals surface area contributed by atoms with Gasteiger partial charge in [0.2, 0.25) is 10.0 Å². The Morgan fingerprint density at radius 2 is 2.27 bits per heavy atom. The first-order valence-electron chi connectivity index (χ1n) is 5.16. The number of sulfonamides is 1. The highest BCUT2D eigenvalue weighted by Crippen LogP contribution is 2.22. The van der Waals surface area contributed by atoms with Gasteiger partial charge in [-0.3, -0.25) is 0 Å². The van der Waals surface area contributed by atoms with Crippen LogP contribution < -0.4 is 0 Å². The summed E-state index contributed by atoms with van der Waals surface area (Å²) in [5.74, 6) is 0.553. The zero-order chi connectivity index (χ0) is 11.3. The second kappa shape index (κ2) is 6.03. The standard InChI is InChI=1S/C9H18ClNO3S/c1-14-6-3-7-15(12,13)11-5-2-4-9(11)8-10/h9H,2-8H2,1H3. The van der Waals surface area contributed by atoms with Gasteiger partial charge in [-0.15, -0.1) is 11.6 Å². The molecule has 1 saturated heterocycles. The van der Waals surface area contributed by atoms with Gasteiger partial charge >= 0.3 is 0 Å². The molecule has 15 heavy (non-hydrogen) atoms. The smallest absolute Gasteiger partial charge is 0.214 e. The monoisotopic (exact) mass is 255 g/mol. The molecule has 0 aromatic carbocycles. The van der Waals surface area contributed by atoms with Crippen molar-refractivity contribution < 1.29 is 13.2 Å². The van der Waals surface area contributed by atoms with Crippen LogP contribution in [0.3, 0.4) is 0 Å². The Hall–Kier alpha value is 0.160. The first-order valence-corrected chi connectivity index (χ1v) is 7.30. The van der Waals surface area contributed by atoms with Gasteiger partial charge in [0.05, 0.1) is 5.75 Å². The van der Waals surface area contributed by atoms with Gasteiger partial charge in [0.15, 0.2) is 0 Å². The van der Waals surface area contributed by atoms with Crippen LogP contribution in [0.4, 0.5) is 0 Å². The van der Waals surface area contributed by atoms with Crippen molar-refractivity contribution in [2.24, 2.45) is 0 Å². The van der Waals surface area contributed by atoms with Crippen LogP contribution in [0.15, 0.2) is 0 Å². The highest BCUT2D eigenvalue weighted by molar-refractivity contribution is 7.89. The fourth-order valence-corrected chi connectivity index (χ4v) is 3.99. The molecule has 1 atom stereocenters. The largest absolute Gasteiger partial charge is 0.385 e. The number of methoxy groups -OCH3 is 1. The second-order valence-corrected chi connectivity index (χ2v) is 6.07. The van der Waals surface area contributed by atoms with Crippen LogP contribution in [0.1, 0.15) is 19.3 Å². The van der Waals surface area contributed by atoms with Crippen molar-refractivity contribution in [1.29, 1.82) is 0 Å². The van der Waals surface area contributed by atoms with Crippen LogP contribution >= 0.6 is 11.6 Å². The van der Waals surface area contributed by atoms with Crippen molar-refractivity contribution >= 4 is 21.6 Å². The summed E-state index contributed by atoms with van der Waals surface area (Å²) in [5.41, 5.74) is 0. The van der Waals surface area contributed by atoms with Crippen LogP contribution in [0.25, 0.3) is 0 Å². The van der Waals surface area contributed by atoms with E-state index in [9.17, 15) is 8.42 Å². The molecule has 1 unspecified atom stereocenters. The van der Waals surface area contributed by atoms with Crippen LogP contribution in [0, 0.1) is 0 Å². The van der Waals surface area contributed by atoms with Crippen molar-refractivity contribution in [2.75, 3.05) is 31.9 Å². The van der Waals surface area contributed by atoms with E-state index in [4.69, 9.17) is 16.3 Å². The molecule has 6 heteroatoms. The number of alkyl halides is 1. The van der Waals surface area contributed by atoms with Crippen molar-refractivity contribution in [3.63, 3.8) is 0 Å². The molecule has 1 fully saturated rings. The minimum atomic E-state index is -3.12. The van der Waals surface area contributed by atoms with E-state index in [1.807, 2.05) is 0 Å². The normalized spacial score (nSPS) is 23.5. The molecule has 0 aromatic rings. The minimum absolute atomic E-state index is 0.000730. The van der Waals surface area contributed by atoms with Gasteiger partial charge in [-0.1, -0.05) is 0 Å². The maximum Gasteiger partial charge on any atom is 0.214 e. The Morgan fingerprint density at radius 1 is 1.53 bits per heavy atom. The molecule has 1 rings (SSSR count). The van der Waals surface area contributed by atoms with Crippen LogP contribution in [-0.2, 0) is 14.8 Å². The zero-order valence-corrected chi connectivity index (χ0v) is 10.6. The fraction of sp³-hybridized carbons (Fsp3) is 1.00. The summed E-state index contributed by atoms with van der Waals surface area (Å²) in [6, 6.07) is -0.000730. The summed E-state index contributed by atoms with van der Waals surface area (Å²) < 4.78 is 30.2. The third-order valence-electron chi connectivity index (χ3n) is 2.61. The molecule has 0 aromatic heterocycles. The number of nitrogens with zero attached hydrogens (tertiary/aromatic N) is 1. The molecule has 0 N–H and O–H groups in total. The highest BCUT2D eigenvalue weighted by Gasteiger charge is 2.32. The Kier molecular flexibility index (Phi) is 5.32. The molecular formula is C9H18ClNO3S. The molecule has 0 bridgehead atoms. The lowest BCUT2D eigenvalue weighted by molar-refractivity contribution is 0.199. The second-order valence-electron chi connectivity index (χ2n) is 3.72. The molecule has 4 nitrogen and oxygen atoms in total. The molecule has 0 saturated carbocycles. The van der Waals surface area contributed by atoms with E-state index < -0.39 is 10.0 Å². The molecule has 1 heterocycles. The molecule has 1 aliphatic heterocycles. The maximum absolute atomic E-state index is 11.9. The topological polar surface area (TPSA) is 46.6 Å². The number of rotatable bonds is 6. The zero-order valence-electron chi connectivity index (χ0n) is 8.99. The van der Waals surface area contributed by atoms with E-state index in [1.54, 1.807) is 11.4 Å². The Balaban J connectivity index is 2.52. The fourth-order valence-electron chi connectivity index (χ4n) is 1.83. The van der Waals surface area contributed by atoms with Crippen molar-refractivity contribution in [3.05, 3.63) is 0 Å². The van der Waals surface area contributed by atoms with E-state index in [1.165, 1.54) is 0 Å². The van der Waals surface area contributed by atoms with E-state index in [0.717, 1.165) is 12.8 Å². The van der Waals surface area contributed by atoms with Gasteiger partial charge in [-0.25, -0.2) is 8.42 Å². The summed E-state index contributed by atoms with van der Waals surface area (Å²) in [6.07, 6.45) is 2.35. The maximum atomic E-state index is 11.9. The van der Waals surface area contributed by atoms with E-state index in [-0.39, 0.29) is 11.8 Å². The molecule has 0 aliphatic carbocycles. The van der Waals surface area contributed by atoms with Crippen molar-refractivity contribution in [2.45, 2.75) is 25.3 Å².